The summed E-state index contributed by atoms with van der Waals surface area (Å²) in [5.74, 6) is 1.03. The normalized spacial score (nSPS) is 17.3. The summed E-state index contributed by atoms with van der Waals surface area (Å²) in [7, 11) is 1.69. The number of carbonyl (C=O) groups is 1. The summed E-state index contributed by atoms with van der Waals surface area (Å²) in [5.41, 5.74) is 1.25. The lowest BCUT2D eigenvalue weighted by Gasteiger charge is -2.31. The molecular formula is C19H30N2O2. The van der Waals surface area contributed by atoms with Crippen LogP contribution in [0.4, 0.5) is 0 Å². The van der Waals surface area contributed by atoms with E-state index in [1.165, 1.54) is 31.2 Å². The molecule has 4 nitrogen and oxygen atoms in total. The van der Waals surface area contributed by atoms with Crippen molar-refractivity contribution in [3.63, 3.8) is 0 Å². The maximum Gasteiger partial charge on any atom is 0.220 e. The third-order valence-corrected chi connectivity index (χ3v) is 4.55. The summed E-state index contributed by atoms with van der Waals surface area (Å²) in [6.07, 6.45) is 6.62. The van der Waals surface area contributed by atoms with E-state index in [4.69, 9.17) is 4.74 Å². The smallest absolute Gasteiger partial charge is 0.220 e. The Kier molecular flexibility index (Phi) is 7.40. The first-order valence-electron chi connectivity index (χ1n) is 8.89. The van der Waals surface area contributed by atoms with E-state index in [0.717, 1.165) is 25.3 Å². The molecule has 1 fully saturated rings. The molecule has 0 aromatic heterocycles. The molecule has 4 heteroatoms. The zero-order valence-electron chi connectivity index (χ0n) is 14.5. The molecule has 128 valence electrons. The number of hydrogen-bond acceptors (Lipinski definition) is 3. The number of likely N-dealkylation sites (tertiary alicyclic amines) is 1. The molecule has 1 aromatic carbocycles. The van der Waals surface area contributed by atoms with E-state index in [-0.39, 0.29) is 11.9 Å². The molecule has 2 rings (SSSR count). The Hall–Kier alpha value is -1.55. The van der Waals surface area contributed by atoms with Gasteiger partial charge in [0.2, 0.25) is 5.91 Å². The molecule has 1 amide bonds. The minimum absolute atomic E-state index is 0.154. The summed E-state index contributed by atoms with van der Waals surface area (Å²) < 4.78 is 5.26. The van der Waals surface area contributed by atoms with Crippen LogP contribution >= 0.6 is 0 Å². The summed E-state index contributed by atoms with van der Waals surface area (Å²) >= 11 is 0. The van der Waals surface area contributed by atoms with Crippen molar-refractivity contribution in [2.24, 2.45) is 0 Å². The molecule has 1 heterocycles. The molecule has 1 aliphatic rings. The van der Waals surface area contributed by atoms with Crippen molar-refractivity contribution in [1.29, 1.82) is 0 Å². The highest BCUT2D eigenvalue weighted by Crippen LogP contribution is 2.25. The molecule has 0 aliphatic carbocycles. The van der Waals surface area contributed by atoms with Crippen molar-refractivity contribution in [2.45, 2.75) is 51.5 Å². The van der Waals surface area contributed by atoms with E-state index in [1.54, 1.807) is 7.11 Å². The summed E-state index contributed by atoms with van der Waals surface area (Å²) in [5, 5.41) is 3.12. The fourth-order valence-corrected chi connectivity index (χ4v) is 3.22. The molecule has 0 radical (unpaired) electrons. The van der Waals surface area contributed by atoms with Crippen molar-refractivity contribution >= 4 is 5.91 Å². The fourth-order valence-electron chi connectivity index (χ4n) is 3.22. The Morgan fingerprint density at radius 2 is 1.83 bits per heavy atom. The van der Waals surface area contributed by atoms with E-state index in [9.17, 15) is 4.79 Å². The van der Waals surface area contributed by atoms with Gasteiger partial charge < -0.3 is 10.1 Å². The quantitative estimate of drug-likeness (QED) is 0.836. The van der Waals surface area contributed by atoms with Gasteiger partial charge in [-0.1, -0.05) is 31.9 Å². The van der Waals surface area contributed by atoms with Crippen LogP contribution in [0.25, 0.3) is 0 Å². The monoisotopic (exact) mass is 318 g/mol. The number of rotatable bonds is 7. The zero-order valence-corrected chi connectivity index (χ0v) is 14.5. The van der Waals surface area contributed by atoms with Crippen LogP contribution < -0.4 is 10.1 Å². The van der Waals surface area contributed by atoms with Crippen molar-refractivity contribution < 1.29 is 9.53 Å². The Morgan fingerprint density at radius 1 is 1.17 bits per heavy atom. The van der Waals surface area contributed by atoms with E-state index in [2.05, 4.69) is 22.3 Å². The van der Waals surface area contributed by atoms with Crippen LogP contribution in [0.5, 0.6) is 5.75 Å². The third-order valence-electron chi connectivity index (χ3n) is 4.55. The van der Waals surface area contributed by atoms with E-state index in [1.807, 2.05) is 19.1 Å². The summed E-state index contributed by atoms with van der Waals surface area (Å²) in [6, 6.07) is 8.52. The average molecular weight is 318 g/mol. The molecular weight excluding hydrogens is 288 g/mol. The minimum Gasteiger partial charge on any atom is -0.497 e. The molecule has 23 heavy (non-hydrogen) atoms. The Balaban J connectivity index is 2.09. The predicted octanol–water partition coefficient (Wildman–Crippen LogP) is 3.53. The number of amides is 1. The molecule has 0 bridgehead atoms. The lowest BCUT2D eigenvalue weighted by Crippen LogP contribution is -2.38. The number of ether oxygens (including phenoxy) is 1. The van der Waals surface area contributed by atoms with Gasteiger partial charge in [-0.2, -0.15) is 0 Å². The largest absolute Gasteiger partial charge is 0.497 e. The predicted molar refractivity (Wildman–Crippen MR) is 93.7 cm³/mol. The van der Waals surface area contributed by atoms with Gasteiger partial charge in [0.15, 0.2) is 0 Å². The number of methoxy groups -OCH3 is 1. The van der Waals surface area contributed by atoms with Gasteiger partial charge in [-0.05, 0) is 50.0 Å². The minimum atomic E-state index is 0.154. The highest BCUT2D eigenvalue weighted by atomic mass is 16.5. The van der Waals surface area contributed by atoms with Gasteiger partial charge in [0.05, 0.1) is 13.2 Å². The summed E-state index contributed by atoms with van der Waals surface area (Å²) in [4.78, 5) is 14.4. The Morgan fingerprint density at radius 3 is 2.39 bits per heavy atom. The van der Waals surface area contributed by atoms with Gasteiger partial charge in [0.25, 0.3) is 0 Å². The van der Waals surface area contributed by atoms with E-state index >= 15 is 0 Å². The highest BCUT2D eigenvalue weighted by Gasteiger charge is 2.22. The van der Waals surface area contributed by atoms with Crippen LogP contribution in [-0.4, -0.2) is 37.6 Å². The molecule has 1 N–H and O–H groups in total. The first-order chi connectivity index (χ1) is 11.2. The van der Waals surface area contributed by atoms with Crippen LogP contribution in [0, 0.1) is 0 Å². The van der Waals surface area contributed by atoms with Gasteiger partial charge in [-0.15, -0.1) is 0 Å². The fraction of sp³-hybridized carbons (Fsp3) is 0.632. The second-order valence-corrected chi connectivity index (χ2v) is 6.29. The van der Waals surface area contributed by atoms with E-state index in [0.29, 0.717) is 13.0 Å². The summed E-state index contributed by atoms with van der Waals surface area (Å²) in [6.45, 7) is 4.95. The lowest BCUT2D eigenvalue weighted by molar-refractivity contribution is -0.121. The molecule has 1 aromatic rings. The number of nitrogens with zero attached hydrogens (tertiary/aromatic N) is 1. The van der Waals surface area contributed by atoms with Crippen molar-refractivity contribution in [1.82, 2.24) is 10.2 Å². The Bertz CT molecular complexity index is 465. The average Bonchev–Trinajstić information content (AvgIpc) is 2.85. The van der Waals surface area contributed by atoms with Crippen LogP contribution in [0.15, 0.2) is 24.3 Å². The van der Waals surface area contributed by atoms with Gasteiger partial charge in [0, 0.05) is 13.0 Å². The molecule has 1 unspecified atom stereocenters. The molecule has 0 spiro atoms. The van der Waals surface area contributed by atoms with Gasteiger partial charge in [0.1, 0.15) is 5.75 Å². The topological polar surface area (TPSA) is 41.6 Å². The molecule has 1 saturated heterocycles. The van der Waals surface area contributed by atoms with Crippen LogP contribution in [0.3, 0.4) is 0 Å². The number of benzene rings is 1. The second-order valence-electron chi connectivity index (χ2n) is 6.29. The maximum atomic E-state index is 11.9. The van der Waals surface area contributed by atoms with E-state index < -0.39 is 0 Å². The van der Waals surface area contributed by atoms with Gasteiger partial charge in [-0.3, -0.25) is 9.69 Å². The number of nitrogens with one attached hydrogen (secondary N) is 1. The SMILES string of the molecule is CCCC(=O)NCC(c1ccc(OC)cc1)N1CCCCCC1. The van der Waals surface area contributed by atoms with Crippen LogP contribution in [-0.2, 0) is 4.79 Å². The number of carbonyl (C=O) groups excluding carboxylic acids is 1. The van der Waals surface area contributed by atoms with Crippen LogP contribution in [0.2, 0.25) is 0 Å². The number of hydrogen-bond donors (Lipinski definition) is 1. The van der Waals surface area contributed by atoms with Crippen molar-refractivity contribution in [3.05, 3.63) is 29.8 Å². The highest BCUT2D eigenvalue weighted by molar-refractivity contribution is 5.75. The van der Waals surface area contributed by atoms with Gasteiger partial charge in [-0.25, -0.2) is 0 Å². The molecule has 1 aliphatic heterocycles. The first-order valence-corrected chi connectivity index (χ1v) is 8.89. The first kappa shape index (κ1) is 17.8. The van der Waals surface area contributed by atoms with Gasteiger partial charge >= 0.3 is 0 Å². The van der Waals surface area contributed by atoms with Crippen molar-refractivity contribution in [3.8, 4) is 5.75 Å². The second kappa shape index (κ2) is 9.56. The third kappa shape index (κ3) is 5.54. The zero-order chi connectivity index (χ0) is 16.5. The maximum absolute atomic E-state index is 11.9. The van der Waals surface area contributed by atoms with Crippen LogP contribution in [0.1, 0.15) is 57.1 Å². The molecule has 0 saturated carbocycles. The standard InChI is InChI=1S/C19H30N2O2/c1-3-8-19(22)20-15-18(21-13-6-4-5-7-14-21)16-9-11-17(23-2)12-10-16/h9-12,18H,3-8,13-15H2,1-2H3,(H,20,22). The lowest BCUT2D eigenvalue weighted by atomic mass is 10.0. The Labute approximate surface area is 140 Å². The van der Waals surface area contributed by atoms with Crippen molar-refractivity contribution in [2.75, 3.05) is 26.7 Å². The molecule has 1 atom stereocenters.